The van der Waals surface area contributed by atoms with Gasteiger partial charge in [-0.3, -0.25) is 9.69 Å². The Morgan fingerprint density at radius 2 is 1.81 bits per heavy atom. The number of piperazine rings is 1. The van der Waals surface area contributed by atoms with Crippen molar-refractivity contribution in [3.8, 4) is 0 Å². The number of Topliss-reactive ketones (excluding diaryl/α,β-unsaturated/α-hetero) is 1. The van der Waals surface area contributed by atoms with Crippen molar-refractivity contribution in [1.82, 2.24) is 9.80 Å². The van der Waals surface area contributed by atoms with Gasteiger partial charge in [0.25, 0.3) is 0 Å². The van der Waals surface area contributed by atoms with E-state index in [1.165, 1.54) is 12.1 Å². The number of carbonyl (C=O) groups excluding carboxylic acids is 1. The van der Waals surface area contributed by atoms with Crippen molar-refractivity contribution in [3.63, 3.8) is 0 Å². The Morgan fingerprint density at radius 3 is 2.38 bits per heavy atom. The van der Waals surface area contributed by atoms with E-state index in [1.54, 1.807) is 0 Å². The molecule has 0 radical (unpaired) electrons. The Hall–Kier alpha value is -1.40. The van der Waals surface area contributed by atoms with Crippen molar-refractivity contribution >= 4 is 5.78 Å². The van der Waals surface area contributed by atoms with Crippen LogP contribution >= 0.6 is 0 Å². The summed E-state index contributed by atoms with van der Waals surface area (Å²) < 4.78 is 37.5. The molecule has 1 saturated heterocycles. The quantitative estimate of drug-likeness (QED) is 0.854. The average molecular weight is 300 g/mol. The Balaban J connectivity index is 2.02. The van der Waals surface area contributed by atoms with Crippen LogP contribution in [0.1, 0.15) is 11.1 Å². The van der Waals surface area contributed by atoms with E-state index >= 15 is 0 Å². The van der Waals surface area contributed by atoms with Crippen LogP contribution in [-0.2, 0) is 17.4 Å². The van der Waals surface area contributed by atoms with Crippen molar-refractivity contribution < 1.29 is 18.0 Å². The molecule has 3 nitrogen and oxygen atoms in total. The largest absolute Gasteiger partial charge is 0.416 e. The first-order valence-electron chi connectivity index (χ1n) is 6.85. The molecule has 0 spiro atoms. The number of hydrogen-bond acceptors (Lipinski definition) is 3. The molecule has 116 valence electrons. The van der Waals surface area contributed by atoms with Crippen molar-refractivity contribution in [1.29, 1.82) is 0 Å². The highest BCUT2D eigenvalue weighted by Crippen LogP contribution is 2.29. The molecule has 1 aromatic rings. The van der Waals surface area contributed by atoms with Gasteiger partial charge in [0, 0.05) is 26.1 Å². The predicted octanol–water partition coefficient (Wildman–Crippen LogP) is 2.06. The van der Waals surface area contributed by atoms with Gasteiger partial charge in [0.2, 0.25) is 0 Å². The van der Waals surface area contributed by atoms with Gasteiger partial charge in [-0.25, -0.2) is 0 Å². The summed E-state index contributed by atoms with van der Waals surface area (Å²) in [4.78, 5) is 16.4. The lowest BCUT2D eigenvalue weighted by Crippen LogP contribution is -2.53. The zero-order valence-electron chi connectivity index (χ0n) is 12.2. The summed E-state index contributed by atoms with van der Waals surface area (Å²) in [6.07, 6.45) is -4.17. The SMILES string of the molecule is CN1CCN(C)C(C(=O)Cc2ccc(C(F)(F)F)cc2)C1. The summed E-state index contributed by atoms with van der Waals surface area (Å²) in [6.45, 7) is 2.40. The lowest BCUT2D eigenvalue weighted by atomic mass is 10.00. The Bertz CT molecular complexity index is 499. The third kappa shape index (κ3) is 4.04. The first-order valence-corrected chi connectivity index (χ1v) is 6.85. The van der Waals surface area contributed by atoms with Crippen LogP contribution in [0.2, 0.25) is 0 Å². The van der Waals surface area contributed by atoms with Crippen molar-refractivity contribution in [2.45, 2.75) is 18.6 Å². The molecular formula is C15H19F3N2O. The first-order chi connectivity index (χ1) is 9.77. The van der Waals surface area contributed by atoms with Gasteiger partial charge in [0.15, 0.2) is 5.78 Å². The fraction of sp³-hybridized carbons (Fsp3) is 0.533. The summed E-state index contributed by atoms with van der Waals surface area (Å²) in [5.74, 6) is 0.0452. The molecule has 0 bridgehead atoms. The predicted molar refractivity (Wildman–Crippen MR) is 74.1 cm³/mol. The number of alkyl halides is 3. The van der Waals surface area contributed by atoms with Gasteiger partial charge < -0.3 is 4.90 Å². The van der Waals surface area contributed by atoms with E-state index in [0.717, 1.165) is 25.2 Å². The molecule has 1 aliphatic rings. The summed E-state index contributed by atoms with van der Waals surface area (Å²) in [5, 5.41) is 0. The standard InChI is InChI=1S/C15H19F3N2O/c1-19-7-8-20(2)13(10-19)14(21)9-11-3-5-12(6-4-11)15(16,17)18/h3-6,13H,7-10H2,1-2H3. The highest BCUT2D eigenvalue weighted by molar-refractivity contribution is 5.86. The number of benzene rings is 1. The van der Waals surface area contributed by atoms with Gasteiger partial charge in [-0.1, -0.05) is 12.1 Å². The molecule has 6 heteroatoms. The van der Waals surface area contributed by atoms with Crippen LogP contribution in [0.25, 0.3) is 0 Å². The van der Waals surface area contributed by atoms with Crippen LogP contribution in [0, 0.1) is 0 Å². The van der Waals surface area contributed by atoms with Crippen molar-refractivity contribution in [3.05, 3.63) is 35.4 Å². The fourth-order valence-corrected chi connectivity index (χ4v) is 2.49. The lowest BCUT2D eigenvalue weighted by Gasteiger charge is -2.36. The fourth-order valence-electron chi connectivity index (χ4n) is 2.49. The number of carbonyl (C=O) groups is 1. The molecule has 1 heterocycles. The van der Waals surface area contributed by atoms with Gasteiger partial charge in [-0.05, 0) is 31.8 Å². The molecule has 0 saturated carbocycles. The summed E-state index contributed by atoms with van der Waals surface area (Å²) in [7, 11) is 3.87. The highest BCUT2D eigenvalue weighted by Gasteiger charge is 2.31. The van der Waals surface area contributed by atoms with E-state index in [2.05, 4.69) is 4.90 Å². The monoisotopic (exact) mass is 300 g/mol. The number of likely N-dealkylation sites (N-methyl/N-ethyl adjacent to an activating group) is 2. The van der Waals surface area contributed by atoms with Gasteiger partial charge >= 0.3 is 6.18 Å². The summed E-state index contributed by atoms with van der Waals surface area (Å²) in [5.41, 5.74) is -0.0668. The molecule has 0 aliphatic carbocycles. The van der Waals surface area contributed by atoms with E-state index < -0.39 is 11.7 Å². The molecule has 1 atom stereocenters. The maximum absolute atomic E-state index is 12.5. The smallest absolute Gasteiger partial charge is 0.303 e. The number of ketones is 1. The van der Waals surface area contributed by atoms with Crippen LogP contribution in [0.3, 0.4) is 0 Å². The topological polar surface area (TPSA) is 23.6 Å². The van der Waals surface area contributed by atoms with Crippen LogP contribution in [0.4, 0.5) is 13.2 Å². The molecule has 0 N–H and O–H groups in total. The molecule has 1 aromatic carbocycles. The van der Waals surface area contributed by atoms with E-state index in [1.807, 2.05) is 19.0 Å². The van der Waals surface area contributed by atoms with Gasteiger partial charge in [0.1, 0.15) is 0 Å². The lowest BCUT2D eigenvalue weighted by molar-refractivity contribution is -0.137. The molecule has 0 amide bonds. The van der Waals surface area contributed by atoms with E-state index in [9.17, 15) is 18.0 Å². The second-order valence-electron chi connectivity index (χ2n) is 5.60. The molecule has 21 heavy (non-hydrogen) atoms. The van der Waals surface area contributed by atoms with Gasteiger partial charge in [0.05, 0.1) is 11.6 Å². The molecule has 1 fully saturated rings. The van der Waals surface area contributed by atoms with Crippen LogP contribution in [-0.4, -0.2) is 55.4 Å². The van der Waals surface area contributed by atoms with E-state index in [-0.39, 0.29) is 18.2 Å². The minimum atomic E-state index is -4.34. The third-order valence-corrected chi connectivity index (χ3v) is 3.88. The maximum Gasteiger partial charge on any atom is 0.416 e. The number of rotatable bonds is 3. The zero-order chi connectivity index (χ0) is 15.6. The highest BCUT2D eigenvalue weighted by atomic mass is 19.4. The summed E-state index contributed by atoms with van der Waals surface area (Å²) >= 11 is 0. The second kappa shape index (κ2) is 6.15. The van der Waals surface area contributed by atoms with E-state index in [0.29, 0.717) is 12.1 Å². The molecule has 2 rings (SSSR count). The summed E-state index contributed by atoms with van der Waals surface area (Å²) in [6, 6.07) is 4.63. The van der Waals surface area contributed by atoms with Crippen LogP contribution in [0.5, 0.6) is 0 Å². The average Bonchev–Trinajstić information content (AvgIpc) is 2.41. The molecule has 0 aromatic heterocycles. The Kier molecular flexibility index (Phi) is 4.68. The minimum Gasteiger partial charge on any atom is -0.303 e. The van der Waals surface area contributed by atoms with E-state index in [4.69, 9.17) is 0 Å². The van der Waals surface area contributed by atoms with Crippen molar-refractivity contribution in [2.24, 2.45) is 0 Å². The molecule has 1 aliphatic heterocycles. The zero-order valence-corrected chi connectivity index (χ0v) is 12.2. The molecule has 1 unspecified atom stereocenters. The van der Waals surface area contributed by atoms with Crippen molar-refractivity contribution in [2.75, 3.05) is 33.7 Å². The Labute approximate surface area is 122 Å². The first kappa shape index (κ1) is 16.0. The van der Waals surface area contributed by atoms with Gasteiger partial charge in [-0.15, -0.1) is 0 Å². The van der Waals surface area contributed by atoms with Gasteiger partial charge in [-0.2, -0.15) is 13.2 Å². The Morgan fingerprint density at radius 1 is 1.19 bits per heavy atom. The molecular weight excluding hydrogens is 281 g/mol. The number of hydrogen-bond donors (Lipinski definition) is 0. The minimum absolute atomic E-state index is 0.0452. The number of nitrogens with zero attached hydrogens (tertiary/aromatic N) is 2. The van der Waals surface area contributed by atoms with Crippen LogP contribution < -0.4 is 0 Å². The van der Waals surface area contributed by atoms with Crippen LogP contribution in [0.15, 0.2) is 24.3 Å². The maximum atomic E-state index is 12.5. The second-order valence-corrected chi connectivity index (χ2v) is 5.60. The number of halogens is 3. The third-order valence-electron chi connectivity index (χ3n) is 3.88. The normalized spacial score (nSPS) is 21.5.